The van der Waals surface area contributed by atoms with Crippen LogP contribution in [0.2, 0.25) is 0 Å². The van der Waals surface area contributed by atoms with Crippen LogP contribution < -0.4 is 0 Å². The van der Waals surface area contributed by atoms with Crippen LogP contribution in [-0.4, -0.2) is 85.9 Å². The first kappa shape index (κ1) is 41.7. The highest BCUT2D eigenvalue weighted by molar-refractivity contribution is 5.83. The van der Waals surface area contributed by atoms with Crippen LogP contribution in [0.1, 0.15) is 98.4 Å². The Morgan fingerprint density at radius 2 is 1.04 bits per heavy atom. The maximum atomic E-state index is 12.7. The fourth-order valence-electron chi connectivity index (χ4n) is 7.69. The molecule has 0 saturated heterocycles. The van der Waals surface area contributed by atoms with E-state index in [0.29, 0.717) is 22.8 Å². The Hall–Kier alpha value is -5.48. The van der Waals surface area contributed by atoms with Gasteiger partial charge in [0.1, 0.15) is 11.0 Å². The topological polar surface area (TPSA) is 190 Å². The summed E-state index contributed by atoms with van der Waals surface area (Å²) in [4.78, 5) is 25.3. The number of rotatable bonds is 12. The summed E-state index contributed by atoms with van der Waals surface area (Å²) in [5.74, 6) is -1.40. The summed E-state index contributed by atoms with van der Waals surface area (Å²) in [5, 5.41) is 45.5. The van der Waals surface area contributed by atoms with Crippen LogP contribution in [-0.2, 0) is 59.5 Å². The number of carbonyl (C=O) groups excluding carboxylic acids is 2. The molecule has 6 aromatic rings. The van der Waals surface area contributed by atoms with Gasteiger partial charge in [0.15, 0.2) is 0 Å². The molecule has 0 aliphatic rings. The summed E-state index contributed by atoms with van der Waals surface area (Å²) in [7, 11) is 6.34. The van der Waals surface area contributed by atoms with Gasteiger partial charge < -0.3 is 19.7 Å². The number of nitrogens with zero attached hydrogens (tertiary/aromatic N) is 10. The van der Waals surface area contributed by atoms with Gasteiger partial charge in [-0.15, -0.1) is 10.2 Å². The van der Waals surface area contributed by atoms with Crippen LogP contribution in [0.15, 0.2) is 36.4 Å². The van der Waals surface area contributed by atoms with E-state index in [1.165, 1.54) is 14.2 Å². The molecule has 16 nitrogen and oxygen atoms in total. The van der Waals surface area contributed by atoms with Crippen LogP contribution >= 0.6 is 0 Å². The van der Waals surface area contributed by atoms with Crippen molar-refractivity contribution < 1.29 is 29.3 Å². The highest BCUT2D eigenvalue weighted by Gasteiger charge is 2.44. The van der Waals surface area contributed by atoms with Crippen LogP contribution in [0.4, 0.5) is 0 Å². The van der Waals surface area contributed by atoms with E-state index in [-0.39, 0.29) is 37.0 Å². The molecule has 0 spiro atoms. The average Bonchev–Trinajstić information content (AvgIpc) is 3.97. The Morgan fingerprint density at radius 1 is 0.679 bits per heavy atom. The molecule has 0 amide bonds. The van der Waals surface area contributed by atoms with Gasteiger partial charge in [0.25, 0.3) is 0 Å². The van der Waals surface area contributed by atoms with E-state index in [0.717, 1.165) is 57.4 Å². The number of carbonyl (C=O) groups is 2. The minimum atomic E-state index is -0.880. The molecule has 0 unspecified atom stereocenters. The smallest absolute Gasteiger partial charge is 0.312 e. The number of hydrogen-bond acceptors (Lipinski definition) is 12. The predicted molar refractivity (Wildman–Crippen MR) is 209 cm³/mol. The van der Waals surface area contributed by atoms with E-state index in [9.17, 15) is 19.8 Å². The maximum Gasteiger partial charge on any atom is 0.312 e. The molecule has 300 valence electrons. The molecule has 0 fully saturated rings. The first-order chi connectivity index (χ1) is 26.5. The summed E-state index contributed by atoms with van der Waals surface area (Å²) in [6.45, 7) is 16.6. The van der Waals surface area contributed by atoms with Crippen LogP contribution in [0.3, 0.4) is 0 Å². The van der Waals surface area contributed by atoms with E-state index in [1.54, 1.807) is 23.5 Å². The third-order valence-electron chi connectivity index (χ3n) is 11.0. The number of benzene rings is 2. The molecule has 4 heterocycles. The molecule has 2 aromatic carbocycles. The maximum absolute atomic E-state index is 12.7. The zero-order chi connectivity index (χ0) is 41.3. The fraction of sp³-hybridized carbons (Fsp3) is 0.500. The Labute approximate surface area is 326 Å². The Kier molecular flexibility index (Phi) is 12.1. The van der Waals surface area contributed by atoms with Gasteiger partial charge in [0, 0.05) is 39.0 Å². The Bertz CT molecular complexity index is 2200. The molecule has 0 aliphatic carbocycles. The number of hydrogen-bond donors (Lipinski definition) is 2. The lowest BCUT2D eigenvalue weighted by Crippen LogP contribution is -2.34. The predicted octanol–water partition coefficient (Wildman–Crippen LogP) is 4.63. The van der Waals surface area contributed by atoms with Crippen molar-refractivity contribution in [3.05, 3.63) is 81.4 Å². The first-order valence-corrected chi connectivity index (χ1v) is 18.6. The molecule has 6 rings (SSSR count). The molecule has 4 aromatic heterocycles. The molecule has 0 radical (unpaired) electrons. The Morgan fingerprint density at radius 3 is 1.32 bits per heavy atom. The standard InChI is InChI=1S/2C20H27N5O3/c2*1-7-25-16-9-8-14(12(2)18(16)21-23-25)17(20(3,4)19(27)28-6)15-10-13(11-26)24(5)22-15/h2*8-10,17,26H,7,11H2,1-6H3/t2*17-/m10/s1. The van der Waals surface area contributed by atoms with Gasteiger partial charge >= 0.3 is 11.9 Å². The monoisotopic (exact) mass is 770 g/mol. The minimum absolute atomic E-state index is 0.127. The zero-order valence-corrected chi connectivity index (χ0v) is 34.4. The summed E-state index contributed by atoms with van der Waals surface area (Å²) in [6, 6.07) is 11.7. The number of aliphatic hydroxyl groups is 2. The van der Waals surface area contributed by atoms with Crippen molar-refractivity contribution in [2.45, 2.75) is 93.5 Å². The van der Waals surface area contributed by atoms with Crippen molar-refractivity contribution in [1.82, 2.24) is 49.5 Å². The van der Waals surface area contributed by atoms with Gasteiger partial charge in [-0.2, -0.15) is 10.2 Å². The van der Waals surface area contributed by atoms with Gasteiger partial charge in [-0.1, -0.05) is 22.6 Å². The lowest BCUT2D eigenvalue weighted by atomic mass is 9.71. The second kappa shape index (κ2) is 16.3. The van der Waals surface area contributed by atoms with Crippen molar-refractivity contribution in [2.75, 3.05) is 14.2 Å². The summed E-state index contributed by atoms with van der Waals surface area (Å²) in [6.07, 6.45) is 0. The van der Waals surface area contributed by atoms with Crippen molar-refractivity contribution in [1.29, 1.82) is 0 Å². The number of aliphatic hydroxyl groups excluding tert-OH is 2. The summed E-state index contributed by atoms with van der Waals surface area (Å²) in [5.41, 5.74) is 8.31. The van der Waals surface area contributed by atoms with Crippen molar-refractivity contribution in [3.8, 4) is 0 Å². The van der Waals surface area contributed by atoms with Gasteiger partial charge in [0.2, 0.25) is 0 Å². The first-order valence-electron chi connectivity index (χ1n) is 18.6. The number of aryl methyl sites for hydroxylation is 6. The highest BCUT2D eigenvalue weighted by Crippen LogP contribution is 2.45. The largest absolute Gasteiger partial charge is 0.469 e. The zero-order valence-electron chi connectivity index (χ0n) is 34.4. The number of ether oxygens (including phenoxy) is 2. The molecule has 2 atom stereocenters. The molecule has 0 saturated carbocycles. The molecule has 0 aliphatic heterocycles. The van der Waals surface area contributed by atoms with Crippen LogP contribution in [0, 0.1) is 24.7 Å². The van der Waals surface area contributed by atoms with Crippen molar-refractivity contribution in [3.63, 3.8) is 0 Å². The molecular weight excluding hydrogens is 717 g/mol. The van der Waals surface area contributed by atoms with Crippen molar-refractivity contribution in [2.24, 2.45) is 24.9 Å². The molecular formula is C40H54N10O6. The van der Waals surface area contributed by atoms with E-state index < -0.39 is 10.8 Å². The number of fused-ring (bicyclic) bond motifs is 2. The molecule has 56 heavy (non-hydrogen) atoms. The van der Waals surface area contributed by atoms with E-state index >= 15 is 0 Å². The summed E-state index contributed by atoms with van der Waals surface area (Å²) < 4.78 is 17.2. The van der Waals surface area contributed by atoms with Gasteiger partial charge in [-0.3, -0.25) is 19.0 Å². The Balaban J connectivity index is 0.000000214. The molecule has 16 heteroatoms. The molecule has 0 bridgehead atoms. The van der Waals surface area contributed by atoms with Crippen LogP contribution in [0.5, 0.6) is 0 Å². The fourth-order valence-corrected chi connectivity index (χ4v) is 7.69. The lowest BCUT2D eigenvalue weighted by molar-refractivity contribution is -0.152. The normalized spacial score (nSPS) is 13.1. The van der Waals surface area contributed by atoms with Crippen LogP contribution in [0.25, 0.3) is 22.1 Å². The van der Waals surface area contributed by atoms with Gasteiger partial charge in [-0.25, -0.2) is 9.36 Å². The quantitative estimate of drug-likeness (QED) is 0.164. The second-order valence-corrected chi connectivity index (χ2v) is 15.1. The van der Waals surface area contributed by atoms with E-state index in [2.05, 4.69) is 30.8 Å². The number of methoxy groups -OCH3 is 2. The second-order valence-electron chi connectivity index (χ2n) is 15.1. The summed E-state index contributed by atoms with van der Waals surface area (Å²) >= 11 is 0. The average molecular weight is 771 g/mol. The van der Waals surface area contributed by atoms with Crippen molar-refractivity contribution >= 4 is 34.0 Å². The van der Waals surface area contributed by atoms with E-state index in [4.69, 9.17) is 9.47 Å². The lowest BCUT2D eigenvalue weighted by Gasteiger charge is -2.32. The van der Waals surface area contributed by atoms with Gasteiger partial charge in [0.05, 0.1) is 72.1 Å². The number of esters is 2. The van der Waals surface area contributed by atoms with E-state index in [1.807, 2.05) is 101 Å². The number of aromatic nitrogens is 10. The third kappa shape index (κ3) is 7.30. The SMILES string of the molecule is CCn1nnc2c(C)c([C@@H](c3cc(CO)n(C)n3)C(C)(C)C(=O)OC)ccc21.CCn1nnc2c(C)c([C@H](c3cc(CO)n(C)n3)C(C)(C)C(=O)OC)ccc21. The molecule has 2 N–H and O–H groups in total. The minimum Gasteiger partial charge on any atom is -0.469 e. The van der Waals surface area contributed by atoms with Gasteiger partial charge in [-0.05, 0) is 102 Å². The third-order valence-corrected chi connectivity index (χ3v) is 11.0. The highest BCUT2D eigenvalue weighted by atomic mass is 16.5.